The number of nitrogens with zero attached hydrogens (tertiary/aromatic N) is 3. The molecule has 9 rings (SSSR count). The number of amides is 4. The fourth-order valence-electron chi connectivity index (χ4n) is 10.7. The molecule has 0 unspecified atom stereocenters. The number of sulfonamides is 1. The molecule has 0 spiro atoms. The van der Waals surface area contributed by atoms with Crippen molar-refractivity contribution in [1.82, 2.24) is 30.1 Å². The van der Waals surface area contributed by atoms with Crippen LogP contribution in [0, 0.1) is 17.8 Å². The van der Waals surface area contributed by atoms with Crippen molar-refractivity contribution in [2.24, 2.45) is 17.8 Å². The summed E-state index contributed by atoms with van der Waals surface area (Å²) in [5, 5.41) is 6.08. The number of morpholine rings is 1. The van der Waals surface area contributed by atoms with Crippen molar-refractivity contribution in [3.05, 3.63) is 54.6 Å². The molecule has 4 heterocycles. The number of fused-ring (bicyclic) bond motifs is 5. The zero-order valence-corrected chi connectivity index (χ0v) is 38.1. The minimum atomic E-state index is -3.92. The fourth-order valence-corrected chi connectivity index (χ4v) is 12.1. The minimum Gasteiger partial charge on any atom is -0.492 e. The van der Waals surface area contributed by atoms with E-state index in [4.69, 9.17) is 23.9 Å². The Kier molecular flexibility index (Phi) is 13.7. The van der Waals surface area contributed by atoms with Crippen molar-refractivity contribution in [3.8, 4) is 11.6 Å². The molecule has 2 saturated heterocycles. The monoisotopic (exact) mass is 916 g/mol. The molecule has 16 nitrogen and oxygen atoms in total. The maximum Gasteiger partial charge on any atom is 0.408 e. The summed E-state index contributed by atoms with van der Waals surface area (Å²) in [6.07, 6.45) is 14.0. The van der Waals surface area contributed by atoms with Gasteiger partial charge in [0, 0.05) is 37.4 Å². The van der Waals surface area contributed by atoms with Gasteiger partial charge in [0.1, 0.15) is 35.6 Å². The molecule has 4 aliphatic carbocycles. The van der Waals surface area contributed by atoms with Gasteiger partial charge in [-0.1, -0.05) is 43.2 Å². The predicted molar refractivity (Wildman–Crippen MR) is 241 cm³/mol. The lowest BCUT2D eigenvalue weighted by Gasteiger charge is -2.32. The number of benzene rings is 1. The third kappa shape index (κ3) is 10.2. The summed E-state index contributed by atoms with van der Waals surface area (Å²) >= 11 is 0. The van der Waals surface area contributed by atoms with E-state index >= 15 is 4.79 Å². The van der Waals surface area contributed by atoms with Gasteiger partial charge in [-0.2, -0.15) is 0 Å². The van der Waals surface area contributed by atoms with Crippen molar-refractivity contribution >= 4 is 44.7 Å². The molecule has 3 N–H and O–H groups in total. The smallest absolute Gasteiger partial charge is 0.408 e. The molecule has 17 heteroatoms. The average Bonchev–Trinajstić information content (AvgIpc) is 4.09. The van der Waals surface area contributed by atoms with Crippen LogP contribution in [0.1, 0.15) is 95.5 Å². The number of alkyl carbamates (subject to hydrolysis) is 1. The number of ether oxygens (including phenoxy) is 4. The van der Waals surface area contributed by atoms with Crippen molar-refractivity contribution in [3.63, 3.8) is 0 Å². The summed E-state index contributed by atoms with van der Waals surface area (Å²) in [5.41, 5.74) is -0.121. The summed E-state index contributed by atoms with van der Waals surface area (Å²) < 4.78 is 53.3. The van der Waals surface area contributed by atoms with Crippen molar-refractivity contribution in [2.45, 2.75) is 131 Å². The van der Waals surface area contributed by atoms with Gasteiger partial charge in [-0.15, -0.1) is 6.58 Å². The lowest BCUT2D eigenvalue weighted by molar-refractivity contribution is -0.142. The molecule has 2 bridgehead atoms. The largest absolute Gasteiger partial charge is 0.492 e. The van der Waals surface area contributed by atoms with Gasteiger partial charge in [-0.05, 0) is 101 Å². The Labute approximate surface area is 381 Å². The lowest BCUT2D eigenvalue weighted by Crippen LogP contribution is -2.59. The Morgan fingerprint density at radius 1 is 0.985 bits per heavy atom. The Morgan fingerprint density at radius 3 is 2.54 bits per heavy atom. The van der Waals surface area contributed by atoms with E-state index in [1.165, 1.54) is 11.0 Å². The van der Waals surface area contributed by atoms with E-state index in [2.05, 4.69) is 39.0 Å². The van der Waals surface area contributed by atoms with Crippen LogP contribution in [-0.4, -0.2) is 128 Å². The highest BCUT2D eigenvalue weighted by Crippen LogP contribution is 2.46. The number of carbonyl (C=O) groups is 4. The summed E-state index contributed by atoms with van der Waals surface area (Å²) in [5.74, 6) is -1.38. The van der Waals surface area contributed by atoms with E-state index in [0.717, 1.165) is 108 Å². The predicted octanol–water partition coefficient (Wildman–Crippen LogP) is 4.70. The Hall–Kier alpha value is -4.74. The zero-order chi connectivity index (χ0) is 45.1. The highest BCUT2D eigenvalue weighted by atomic mass is 32.2. The van der Waals surface area contributed by atoms with Gasteiger partial charge in [-0.25, -0.2) is 18.2 Å². The van der Waals surface area contributed by atoms with Crippen molar-refractivity contribution in [1.29, 1.82) is 0 Å². The minimum absolute atomic E-state index is 0.0127. The maximum atomic E-state index is 15.1. The van der Waals surface area contributed by atoms with E-state index < -0.39 is 68.7 Å². The van der Waals surface area contributed by atoms with Crippen LogP contribution in [0.4, 0.5) is 4.79 Å². The van der Waals surface area contributed by atoms with Gasteiger partial charge < -0.3 is 34.5 Å². The molecule has 4 saturated carbocycles. The van der Waals surface area contributed by atoms with Crippen LogP contribution in [-0.2, 0) is 40.3 Å². The first-order valence-electron chi connectivity index (χ1n) is 24.0. The second-order valence-electron chi connectivity index (χ2n) is 19.1. The first kappa shape index (κ1) is 45.4. The third-order valence-electron chi connectivity index (χ3n) is 14.7. The van der Waals surface area contributed by atoms with Gasteiger partial charge in [-0.3, -0.25) is 24.0 Å². The Bertz CT molecular complexity index is 2260. The molecule has 352 valence electrons. The quantitative estimate of drug-likeness (QED) is 0.197. The molecule has 6 fully saturated rings. The Balaban J connectivity index is 1.05. The third-order valence-corrected chi connectivity index (χ3v) is 16.5. The number of nitrogens with one attached hydrogen (secondary N) is 3. The molecule has 0 radical (unpaired) electrons. The zero-order valence-electron chi connectivity index (χ0n) is 37.3. The van der Waals surface area contributed by atoms with E-state index in [1.54, 1.807) is 0 Å². The molecule has 7 aliphatic rings. The Morgan fingerprint density at radius 2 is 1.77 bits per heavy atom. The van der Waals surface area contributed by atoms with Crippen molar-refractivity contribution < 1.29 is 46.5 Å². The topological polar surface area (TPSA) is 195 Å². The molecule has 1 aromatic heterocycles. The number of allylic oxidation sites excluding steroid dienone is 2. The van der Waals surface area contributed by atoms with Crippen LogP contribution in [0.15, 0.2) is 49.1 Å². The lowest BCUT2D eigenvalue weighted by atomic mass is 9.96. The van der Waals surface area contributed by atoms with Crippen LogP contribution in [0.3, 0.4) is 0 Å². The number of pyridine rings is 1. The first-order valence-corrected chi connectivity index (χ1v) is 25.5. The number of hydrogen-bond donors (Lipinski definition) is 3. The van der Waals surface area contributed by atoms with Gasteiger partial charge in [0.05, 0.1) is 42.7 Å². The van der Waals surface area contributed by atoms with Gasteiger partial charge in [0.15, 0.2) is 0 Å². The summed E-state index contributed by atoms with van der Waals surface area (Å²) in [6, 6.07) is 5.69. The highest BCUT2D eigenvalue weighted by Gasteiger charge is 2.62. The highest BCUT2D eigenvalue weighted by molar-refractivity contribution is 7.91. The number of para-hydroxylation sites is 1. The van der Waals surface area contributed by atoms with Crippen LogP contribution in [0.25, 0.3) is 10.9 Å². The average molecular weight is 917 g/mol. The number of rotatable bonds is 12. The second-order valence-corrected chi connectivity index (χ2v) is 21.1. The maximum absolute atomic E-state index is 15.1. The molecule has 4 amide bonds. The molecular formula is C48H64N6O10S. The second kappa shape index (κ2) is 19.6. The van der Waals surface area contributed by atoms with Gasteiger partial charge in [0.25, 0.3) is 5.91 Å². The standard InChI is InChI=1S/C48H64N6O10S/c1-2-33-29-48(33,46(57)52-65(59,60)35-20-21-35)51-43(55)39-28-34-30-54(39)45(56)41(32-13-6-7-14-32)50-47(58)64-40-19-10-15-31(40)12-4-3-5-17-37-42(62-25-11-22-53-23-26-61-27-24-53)36-16-8-9-18-38(36)49-44(37)63-34/h2-3,5,8-9,16,18,31-35,39-41H,1,4,6-7,10-15,17,19-30H2,(H,50,58)(H,51,55)(H,52,57)/t31-,33-,34-,39+,40-,41+,48-/m1/s1. The number of hydrogen-bond acceptors (Lipinski definition) is 12. The van der Waals surface area contributed by atoms with E-state index in [-0.39, 0.29) is 37.3 Å². The SMILES string of the molecule is C=C[C@@H]1C[C@]1(NC(=O)[C@@H]1C[C@@H]2CN1C(=O)[C@H](C1CCCC1)NC(=O)O[C@@H]1CCC[C@H]1CCC=CCc1c(nc3ccccc3c1OCCCN1CCOCC1)O2)C(=O)NS(=O)(=O)C1CC1. The number of carbonyl (C=O) groups excluding carboxylic acids is 4. The fraction of sp³-hybridized carbons (Fsp3) is 0.646. The van der Waals surface area contributed by atoms with E-state index in [1.807, 2.05) is 24.3 Å². The molecule has 3 aliphatic heterocycles. The van der Waals surface area contributed by atoms with Crippen molar-refractivity contribution in [2.75, 3.05) is 46.0 Å². The van der Waals surface area contributed by atoms with E-state index in [9.17, 15) is 22.8 Å². The van der Waals surface area contributed by atoms with E-state index in [0.29, 0.717) is 43.0 Å². The molecule has 7 atom stereocenters. The molecular weight excluding hydrogens is 853 g/mol. The van der Waals surface area contributed by atoms with Crippen LogP contribution in [0.2, 0.25) is 0 Å². The number of aromatic nitrogens is 1. The molecule has 2 aromatic rings. The summed E-state index contributed by atoms with van der Waals surface area (Å²) in [7, 11) is -3.92. The van der Waals surface area contributed by atoms with Crippen LogP contribution < -0.4 is 24.8 Å². The first-order chi connectivity index (χ1) is 31.5. The van der Waals surface area contributed by atoms with Crippen LogP contribution in [0.5, 0.6) is 11.6 Å². The summed E-state index contributed by atoms with van der Waals surface area (Å²) in [6.45, 7) is 8.40. The molecule has 1 aromatic carbocycles. The van der Waals surface area contributed by atoms with Crippen LogP contribution >= 0.6 is 0 Å². The normalized spacial score (nSPS) is 30.2. The molecule has 65 heavy (non-hydrogen) atoms. The summed E-state index contributed by atoms with van der Waals surface area (Å²) in [4.78, 5) is 66.3. The van der Waals surface area contributed by atoms with Gasteiger partial charge in [0.2, 0.25) is 27.7 Å². The van der Waals surface area contributed by atoms with Gasteiger partial charge >= 0.3 is 6.09 Å².